The molecule has 0 aliphatic heterocycles. The van der Waals surface area contributed by atoms with Crippen molar-refractivity contribution in [3.8, 4) is 0 Å². The Balaban J connectivity index is 2.02. The van der Waals surface area contributed by atoms with E-state index in [-0.39, 0.29) is 30.7 Å². The lowest BCUT2D eigenvalue weighted by molar-refractivity contribution is -0.140. The smallest absolute Gasteiger partial charge is 0.243 e. The lowest BCUT2D eigenvalue weighted by Crippen LogP contribution is -2.51. The minimum atomic E-state index is -0.765. The molecule has 3 rings (SSSR count). The Kier molecular flexibility index (Phi) is 10.0. The molecule has 3 aromatic rings. The summed E-state index contributed by atoms with van der Waals surface area (Å²) in [6.07, 6.45) is 0.394. The van der Waals surface area contributed by atoms with E-state index in [1.54, 1.807) is 29.2 Å². The van der Waals surface area contributed by atoms with Gasteiger partial charge in [0.05, 0.1) is 6.42 Å². The van der Waals surface area contributed by atoms with Crippen LogP contribution in [0.3, 0.4) is 0 Å². The molecule has 3 aromatic carbocycles. The van der Waals surface area contributed by atoms with Crippen molar-refractivity contribution in [3.05, 3.63) is 105 Å². The van der Waals surface area contributed by atoms with Crippen molar-refractivity contribution in [1.82, 2.24) is 10.2 Å². The molecule has 2 amide bonds. The highest BCUT2D eigenvalue weighted by Gasteiger charge is 2.31. The third-order valence-corrected chi connectivity index (χ3v) is 6.72. The first-order valence-electron chi connectivity index (χ1n) is 11.5. The highest BCUT2D eigenvalue weighted by Crippen LogP contribution is 2.28. The second-order valence-electron chi connectivity index (χ2n) is 8.83. The molecule has 35 heavy (non-hydrogen) atoms. The summed E-state index contributed by atoms with van der Waals surface area (Å²) < 4.78 is 0. The maximum Gasteiger partial charge on any atom is 0.243 e. The number of hydrogen-bond donors (Lipinski definition) is 1. The zero-order chi connectivity index (χ0) is 25.4. The Labute approximate surface area is 222 Å². The number of nitrogens with zero attached hydrogens (tertiary/aromatic N) is 1. The summed E-state index contributed by atoms with van der Waals surface area (Å²) in [4.78, 5) is 28.8. The van der Waals surface area contributed by atoms with Gasteiger partial charge < -0.3 is 10.2 Å². The molecule has 0 saturated heterocycles. The number of carbonyl (C=O) groups excluding carboxylic acids is 2. The van der Waals surface area contributed by atoms with E-state index in [1.807, 2.05) is 62.4 Å². The quantitative estimate of drug-likeness (QED) is 0.320. The van der Waals surface area contributed by atoms with Gasteiger partial charge in [-0.15, -0.1) is 0 Å². The Morgan fingerprint density at radius 3 is 2.06 bits per heavy atom. The van der Waals surface area contributed by atoms with Crippen molar-refractivity contribution in [2.24, 2.45) is 5.92 Å². The van der Waals surface area contributed by atoms with E-state index in [4.69, 9.17) is 34.8 Å². The normalized spacial score (nSPS) is 11.8. The van der Waals surface area contributed by atoms with Gasteiger partial charge >= 0.3 is 0 Å². The van der Waals surface area contributed by atoms with Gasteiger partial charge in [-0.25, -0.2) is 0 Å². The highest BCUT2D eigenvalue weighted by molar-refractivity contribution is 6.36. The van der Waals surface area contributed by atoms with Crippen LogP contribution in [0.4, 0.5) is 0 Å². The molecule has 7 heteroatoms. The molecule has 0 saturated carbocycles. The van der Waals surface area contributed by atoms with Gasteiger partial charge in [0, 0.05) is 40.1 Å². The van der Waals surface area contributed by atoms with Crippen LogP contribution in [0.1, 0.15) is 30.5 Å². The molecular formula is C28H29Cl3N2O2. The first kappa shape index (κ1) is 27.1. The van der Waals surface area contributed by atoms with Crippen LogP contribution in [0.2, 0.25) is 15.1 Å². The van der Waals surface area contributed by atoms with Crippen LogP contribution in [0.25, 0.3) is 0 Å². The largest absolute Gasteiger partial charge is 0.354 e. The van der Waals surface area contributed by atoms with Crippen LogP contribution in [-0.4, -0.2) is 29.3 Å². The lowest BCUT2D eigenvalue weighted by Gasteiger charge is -2.32. The molecule has 0 spiro atoms. The van der Waals surface area contributed by atoms with Crippen LogP contribution < -0.4 is 5.32 Å². The van der Waals surface area contributed by atoms with Crippen molar-refractivity contribution < 1.29 is 9.59 Å². The first-order chi connectivity index (χ1) is 16.8. The first-order valence-corrected chi connectivity index (χ1v) is 12.7. The average molecular weight is 532 g/mol. The number of nitrogens with one attached hydrogen (secondary N) is 1. The zero-order valence-electron chi connectivity index (χ0n) is 19.8. The number of rotatable bonds is 10. The molecule has 1 unspecified atom stereocenters. The summed E-state index contributed by atoms with van der Waals surface area (Å²) in [5, 5.41) is 4.38. The molecule has 184 valence electrons. The van der Waals surface area contributed by atoms with E-state index < -0.39 is 6.04 Å². The fourth-order valence-electron chi connectivity index (χ4n) is 3.74. The van der Waals surface area contributed by atoms with Crippen LogP contribution >= 0.6 is 34.8 Å². The topological polar surface area (TPSA) is 49.4 Å². The predicted molar refractivity (Wildman–Crippen MR) is 144 cm³/mol. The third kappa shape index (κ3) is 7.73. The standard InChI is InChI=1S/C28H29Cl3N2O2/c1-19(2)17-32-28(35)26(15-20-9-4-3-5-10-20)33(18-22-24(30)13-8-14-25(22)31)27(34)16-21-11-6-7-12-23(21)29/h3-14,19,26H,15-18H2,1-2H3,(H,32,35). The summed E-state index contributed by atoms with van der Waals surface area (Å²) in [7, 11) is 0. The van der Waals surface area contributed by atoms with Gasteiger partial charge in [-0.05, 0) is 35.2 Å². The summed E-state index contributed by atoms with van der Waals surface area (Å²) in [5.74, 6) is -0.199. The van der Waals surface area contributed by atoms with Crippen LogP contribution in [0, 0.1) is 5.92 Å². The average Bonchev–Trinajstić information content (AvgIpc) is 2.83. The Morgan fingerprint density at radius 1 is 0.829 bits per heavy atom. The van der Waals surface area contributed by atoms with Crippen LogP contribution in [0.15, 0.2) is 72.8 Å². The summed E-state index contributed by atoms with van der Waals surface area (Å²) in [6, 6.07) is 21.3. The SMILES string of the molecule is CC(C)CNC(=O)C(Cc1ccccc1)N(Cc1c(Cl)cccc1Cl)C(=O)Cc1ccccc1Cl. The molecule has 1 atom stereocenters. The minimum absolute atomic E-state index is 0.0461. The number of hydrogen-bond acceptors (Lipinski definition) is 2. The molecule has 0 bridgehead atoms. The Morgan fingerprint density at radius 2 is 1.43 bits per heavy atom. The Bertz CT molecular complexity index is 1130. The molecular weight excluding hydrogens is 503 g/mol. The molecule has 1 N–H and O–H groups in total. The van der Waals surface area contributed by atoms with E-state index in [2.05, 4.69) is 5.32 Å². The van der Waals surface area contributed by atoms with Crippen LogP contribution in [-0.2, 0) is 29.0 Å². The van der Waals surface area contributed by atoms with E-state index in [9.17, 15) is 9.59 Å². The number of carbonyl (C=O) groups is 2. The monoisotopic (exact) mass is 530 g/mol. The van der Waals surface area contributed by atoms with Gasteiger partial charge in [0.1, 0.15) is 6.04 Å². The highest BCUT2D eigenvalue weighted by atomic mass is 35.5. The maximum absolute atomic E-state index is 13.8. The minimum Gasteiger partial charge on any atom is -0.354 e. The van der Waals surface area contributed by atoms with E-state index in [1.165, 1.54) is 0 Å². The summed E-state index contributed by atoms with van der Waals surface area (Å²) in [5.41, 5.74) is 2.23. The fraction of sp³-hybridized carbons (Fsp3) is 0.286. The number of amides is 2. The van der Waals surface area contributed by atoms with Crippen molar-refractivity contribution in [2.75, 3.05) is 6.54 Å². The third-order valence-electron chi connectivity index (χ3n) is 5.65. The zero-order valence-corrected chi connectivity index (χ0v) is 22.1. The van der Waals surface area contributed by atoms with Crippen LogP contribution in [0.5, 0.6) is 0 Å². The molecule has 0 aliphatic carbocycles. The Hall–Kier alpha value is -2.53. The van der Waals surface area contributed by atoms with Crippen molar-refractivity contribution >= 4 is 46.6 Å². The maximum atomic E-state index is 13.8. The summed E-state index contributed by atoms with van der Waals surface area (Å²) >= 11 is 19.3. The fourth-order valence-corrected chi connectivity index (χ4v) is 4.46. The van der Waals surface area contributed by atoms with E-state index >= 15 is 0 Å². The van der Waals surface area contributed by atoms with E-state index in [0.717, 1.165) is 5.56 Å². The molecule has 0 heterocycles. The van der Waals surface area contributed by atoms with Crippen molar-refractivity contribution in [2.45, 2.75) is 39.3 Å². The summed E-state index contributed by atoms with van der Waals surface area (Å²) in [6.45, 7) is 4.64. The van der Waals surface area contributed by atoms with Gasteiger partial charge in [0.25, 0.3) is 0 Å². The predicted octanol–water partition coefficient (Wildman–Crippen LogP) is 6.60. The van der Waals surface area contributed by atoms with Gasteiger partial charge in [-0.1, -0.05) is 103 Å². The molecule has 0 aliphatic rings. The molecule has 0 aromatic heterocycles. The lowest BCUT2D eigenvalue weighted by atomic mass is 10.0. The van der Waals surface area contributed by atoms with E-state index in [0.29, 0.717) is 39.2 Å². The second-order valence-corrected chi connectivity index (χ2v) is 10.1. The van der Waals surface area contributed by atoms with Gasteiger partial charge in [0.15, 0.2) is 0 Å². The van der Waals surface area contributed by atoms with Crippen molar-refractivity contribution in [3.63, 3.8) is 0 Å². The van der Waals surface area contributed by atoms with Crippen molar-refractivity contribution in [1.29, 1.82) is 0 Å². The molecule has 0 fully saturated rings. The molecule has 0 radical (unpaired) electrons. The number of benzene rings is 3. The van der Waals surface area contributed by atoms with Gasteiger partial charge in [0.2, 0.25) is 11.8 Å². The van der Waals surface area contributed by atoms with Gasteiger partial charge in [-0.2, -0.15) is 0 Å². The molecule has 4 nitrogen and oxygen atoms in total. The second kappa shape index (κ2) is 13.0. The number of halogens is 3. The van der Waals surface area contributed by atoms with Gasteiger partial charge in [-0.3, -0.25) is 9.59 Å².